The molecule has 0 aliphatic carbocycles. The lowest BCUT2D eigenvalue weighted by atomic mass is 10.5. The van der Waals surface area contributed by atoms with Crippen LogP contribution in [-0.4, -0.2) is 93.7 Å². The Morgan fingerprint density at radius 1 is 0.722 bits per heavy atom. The molecule has 0 heterocycles. The van der Waals surface area contributed by atoms with Crippen LogP contribution >= 0.6 is 0 Å². The summed E-state index contributed by atoms with van der Waals surface area (Å²) in [5.41, 5.74) is 0. The van der Waals surface area contributed by atoms with Crippen molar-refractivity contribution in [3.8, 4) is 0 Å². The summed E-state index contributed by atoms with van der Waals surface area (Å²) in [6.07, 6.45) is 0. The maximum absolute atomic E-state index is 8.39. The Labute approximate surface area is 116 Å². The average Bonchev–Trinajstić information content (AvgIpc) is 2.22. The van der Waals surface area contributed by atoms with Gasteiger partial charge in [0, 0.05) is 0 Å². The molecule has 0 radical (unpaired) electrons. The first-order valence-corrected chi connectivity index (χ1v) is 5.76. The first kappa shape index (κ1) is 23.2. The molecule has 0 aromatic rings. The monoisotopic (exact) mass is 289 g/mol. The zero-order chi connectivity index (χ0) is 13.6. The molecule has 0 bridgehead atoms. The van der Waals surface area contributed by atoms with Gasteiger partial charge < -0.3 is 41.7 Å². The van der Waals surface area contributed by atoms with Gasteiger partial charge >= 0.3 is 0 Å². The van der Waals surface area contributed by atoms with E-state index in [9.17, 15) is 0 Å². The van der Waals surface area contributed by atoms with Crippen molar-refractivity contribution in [1.29, 1.82) is 0 Å². The van der Waals surface area contributed by atoms with Crippen LogP contribution in [-0.2, 0) is 9.47 Å². The third-order valence-electron chi connectivity index (χ3n) is 1.61. The van der Waals surface area contributed by atoms with Crippen molar-refractivity contribution in [3.05, 3.63) is 0 Å². The minimum atomic E-state index is 0. The second kappa shape index (κ2) is 17.1. The second-order valence-corrected chi connectivity index (χ2v) is 4.41. The van der Waals surface area contributed by atoms with Gasteiger partial charge in [-0.1, -0.05) is 0 Å². The van der Waals surface area contributed by atoms with E-state index in [1.165, 1.54) is 0 Å². The van der Waals surface area contributed by atoms with Crippen LogP contribution in [0.5, 0.6) is 0 Å². The standard InChI is InChI=1S/C6H14O4.C5H14NO.ClH/c7-1-3-9-5-6-10-4-2-8;1-6(2,3)4-5-7;/h7-8H,1-6H2;7H,4-5H2,1-3H3;1H/q;+1;/p-1. The molecule has 7 heteroatoms. The Morgan fingerprint density at radius 3 is 1.28 bits per heavy atom. The second-order valence-electron chi connectivity index (χ2n) is 4.41. The first-order valence-electron chi connectivity index (χ1n) is 5.76. The normalized spacial score (nSPS) is 10.3. The molecule has 0 unspecified atom stereocenters. The molecule has 0 atom stereocenters. The van der Waals surface area contributed by atoms with Crippen LogP contribution in [0.4, 0.5) is 0 Å². The number of likely N-dealkylation sites (N-methyl/N-ethyl adjacent to an activating group) is 1. The molecule has 0 saturated heterocycles. The van der Waals surface area contributed by atoms with Gasteiger partial charge in [-0.2, -0.15) is 0 Å². The van der Waals surface area contributed by atoms with Gasteiger partial charge in [0.1, 0.15) is 6.54 Å². The Balaban J connectivity index is -0.000000251. The zero-order valence-corrected chi connectivity index (χ0v) is 12.4. The van der Waals surface area contributed by atoms with Gasteiger partial charge in [-0.15, -0.1) is 0 Å². The van der Waals surface area contributed by atoms with E-state index in [0.717, 1.165) is 11.0 Å². The van der Waals surface area contributed by atoms with Crippen LogP contribution in [0.1, 0.15) is 0 Å². The van der Waals surface area contributed by atoms with Crippen molar-refractivity contribution in [2.75, 3.05) is 73.9 Å². The number of rotatable bonds is 9. The largest absolute Gasteiger partial charge is 1.00 e. The number of hydrogen-bond donors (Lipinski definition) is 3. The van der Waals surface area contributed by atoms with Gasteiger partial charge in [0.15, 0.2) is 0 Å². The van der Waals surface area contributed by atoms with Crippen molar-refractivity contribution in [2.45, 2.75) is 0 Å². The molecule has 0 saturated carbocycles. The first-order chi connectivity index (χ1) is 7.97. The fourth-order valence-electron chi connectivity index (χ4n) is 0.751. The van der Waals surface area contributed by atoms with E-state index in [1.807, 2.05) is 0 Å². The fraction of sp³-hybridized carbons (Fsp3) is 1.00. The highest BCUT2D eigenvalue weighted by atomic mass is 35.5. The molecule has 0 aliphatic rings. The molecule has 114 valence electrons. The predicted octanol–water partition coefficient (Wildman–Crippen LogP) is -4.31. The molecule has 0 aromatic heterocycles. The van der Waals surface area contributed by atoms with E-state index in [1.54, 1.807) is 0 Å². The van der Waals surface area contributed by atoms with E-state index in [4.69, 9.17) is 24.8 Å². The molecule has 0 amide bonds. The molecule has 0 spiro atoms. The Morgan fingerprint density at radius 2 is 1.11 bits per heavy atom. The molecule has 3 N–H and O–H groups in total. The average molecular weight is 290 g/mol. The number of ether oxygens (including phenoxy) is 2. The summed E-state index contributed by atoms with van der Waals surface area (Å²) in [5.74, 6) is 0. The Kier molecular flexibility index (Phi) is 21.9. The van der Waals surface area contributed by atoms with Crippen molar-refractivity contribution >= 4 is 0 Å². The molecule has 0 aromatic carbocycles. The van der Waals surface area contributed by atoms with Gasteiger partial charge in [-0.3, -0.25) is 0 Å². The minimum Gasteiger partial charge on any atom is -1.00 e. The van der Waals surface area contributed by atoms with Crippen molar-refractivity contribution in [2.24, 2.45) is 0 Å². The summed E-state index contributed by atoms with van der Waals surface area (Å²) in [4.78, 5) is 0. The number of aliphatic hydroxyl groups is 3. The maximum atomic E-state index is 8.39. The fourth-order valence-corrected chi connectivity index (χ4v) is 0.751. The third kappa shape index (κ3) is 29.8. The number of quaternary nitrogens is 1. The van der Waals surface area contributed by atoms with Crippen molar-refractivity contribution in [1.82, 2.24) is 0 Å². The van der Waals surface area contributed by atoms with Crippen LogP contribution in [0, 0.1) is 0 Å². The third-order valence-corrected chi connectivity index (χ3v) is 1.61. The van der Waals surface area contributed by atoms with Crippen LogP contribution in [0.3, 0.4) is 0 Å². The molecular formula is C11H28ClNO5. The zero-order valence-electron chi connectivity index (χ0n) is 11.6. The lowest BCUT2D eigenvalue weighted by molar-refractivity contribution is -0.870. The number of nitrogens with zero attached hydrogens (tertiary/aromatic N) is 1. The number of hydrogen-bond acceptors (Lipinski definition) is 5. The topological polar surface area (TPSA) is 79.2 Å². The molecule has 6 nitrogen and oxygen atoms in total. The molecule has 0 rings (SSSR count). The highest BCUT2D eigenvalue weighted by molar-refractivity contribution is 4.30. The Hall–Kier alpha value is 0.0500. The number of halogens is 1. The lowest BCUT2D eigenvalue weighted by Crippen LogP contribution is -3.00. The van der Waals surface area contributed by atoms with Gasteiger partial charge in [0.25, 0.3) is 0 Å². The number of aliphatic hydroxyl groups excluding tert-OH is 3. The summed E-state index contributed by atoms with van der Waals surface area (Å²) in [6, 6.07) is 0. The van der Waals surface area contributed by atoms with E-state index in [2.05, 4.69) is 21.1 Å². The maximum Gasteiger partial charge on any atom is 0.101 e. The quantitative estimate of drug-likeness (QED) is 0.296. The van der Waals surface area contributed by atoms with Crippen LogP contribution in [0.15, 0.2) is 0 Å². The van der Waals surface area contributed by atoms with E-state index >= 15 is 0 Å². The molecular weight excluding hydrogens is 262 g/mol. The summed E-state index contributed by atoms with van der Waals surface area (Å²) in [7, 11) is 6.16. The van der Waals surface area contributed by atoms with Gasteiger partial charge in [-0.05, 0) is 0 Å². The highest BCUT2D eigenvalue weighted by Gasteiger charge is 2.02. The SMILES string of the molecule is C[N+](C)(C)CCO.OCCOCCOCCO.[Cl-]. The van der Waals surface area contributed by atoms with Gasteiger partial charge in [0.05, 0.1) is 67.4 Å². The van der Waals surface area contributed by atoms with Crippen molar-refractivity contribution < 1.29 is 41.7 Å². The Bertz CT molecular complexity index is 136. The van der Waals surface area contributed by atoms with E-state index < -0.39 is 0 Å². The molecule has 18 heavy (non-hydrogen) atoms. The van der Waals surface area contributed by atoms with E-state index in [-0.39, 0.29) is 32.2 Å². The summed E-state index contributed by atoms with van der Waals surface area (Å²) < 4.78 is 10.6. The van der Waals surface area contributed by atoms with Gasteiger partial charge in [0.2, 0.25) is 0 Å². The van der Waals surface area contributed by atoms with E-state index in [0.29, 0.717) is 26.4 Å². The summed E-state index contributed by atoms with van der Waals surface area (Å²) in [6.45, 7) is 2.84. The summed E-state index contributed by atoms with van der Waals surface area (Å²) >= 11 is 0. The van der Waals surface area contributed by atoms with Crippen LogP contribution in [0.25, 0.3) is 0 Å². The highest BCUT2D eigenvalue weighted by Crippen LogP contribution is 1.84. The minimum absolute atomic E-state index is 0. The van der Waals surface area contributed by atoms with Crippen LogP contribution in [0.2, 0.25) is 0 Å². The lowest BCUT2D eigenvalue weighted by Gasteiger charge is -2.21. The molecule has 0 aliphatic heterocycles. The van der Waals surface area contributed by atoms with Gasteiger partial charge in [-0.25, -0.2) is 0 Å². The smallest absolute Gasteiger partial charge is 0.101 e. The van der Waals surface area contributed by atoms with Crippen molar-refractivity contribution in [3.63, 3.8) is 0 Å². The predicted molar refractivity (Wildman–Crippen MR) is 65.8 cm³/mol. The van der Waals surface area contributed by atoms with Crippen LogP contribution < -0.4 is 12.4 Å². The summed E-state index contributed by atoms with van der Waals surface area (Å²) in [5, 5.41) is 24.9. The molecule has 0 fully saturated rings.